The molecule has 0 aliphatic heterocycles. The van der Waals surface area contributed by atoms with Gasteiger partial charge in [-0.15, -0.1) is 0 Å². The van der Waals surface area contributed by atoms with Gasteiger partial charge in [0.15, 0.2) is 19.6 Å². The molecule has 3 unspecified atom stereocenters. The van der Waals surface area contributed by atoms with Gasteiger partial charge < -0.3 is 19.7 Å². The summed E-state index contributed by atoms with van der Waals surface area (Å²) in [7, 11) is 0.796. The summed E-state index contributed by atoms with van der Waals surface area (Å²) in [6, 6.07) is 59.9. The third-order valence-corrected chi connectivity index (χ3v) is 16.3. The normalized spacial score (nSPS) is 11.8. The topological polar surface area (TPSA) is 93.1 Å². The summed E-state index contributed by atoms with van der Waals surface area (Å²) < 4.78 is 10.1. The van der Waals surface area contributed by atoms with Crippen LogP contribution in [0.15, 0.2) is 202 Å². The lowest BCUT2D eigenvalue weighted by atomic mass is 10.1. The second kappa shape index (κ2) is 27.7. The summed E-state index contributed by atoms with van der Waals surface area (Å²) in [6.07, 6.45) is 11.0. The lowest BCUT2D eigenvalue weighted by Gasteiger charge is -2.07. The van der Waals surface area contributed by atoms with E-state index < -0.39 is 0 Å². The van der Waals surface area contributed by atoms with Crippen LogP contribution in [0.4, 0.5) is 0 Å². The maximum absolute atomic E-state index is 10.9. The van der Waals surface area contributed by atoms with E-state index in [1.165, 1.54) is 55.7 Å². The Bertz CT molecular complexity index is 2450. The van der Waals surface area contributed by atoms with Crippen molar-refractivity contribution in [2.24, 2.45) is 0 Å². The zero-order valence-electron chi connectivity index (χ0n) is 38.6. The van der Waals surface area contributed by atoms with E-state index in [9.17, 15) is 14.7 Å². The Hall–Kier alpha value is -5.52. The first-order valence-electron chi connectivity index (χ1n) is 20.9. The van der Waals surface area contributed by atoms with Gasteiger partial charge >= 0.3 is 11.9 Å². The van der Waals surface area contributed by atoms with E-state index in [-0.39, 0.29) is 44.6 Å². The molecule has 0 bridgehead atoms. The first kappa shape index (κ1) is 52.1. The molecule has 65 heavy (non-hydrogen) atoms. The maximum atomic E-state index is 10.9. The second-order valence-corrected chi connectivity index (χ2v) is 23.4. The van der Waals surface area contributed by atoms with Crippen molar-refractivity contribution in [3.8, 4) is 23.0 Å². The Labute approximate surface area is 398 Å². The largest absolute Gasteiger partial charge is 0.508 e. The van der Waals surface area contributed by atoms with E-state index in [4.69, 9.17) is 14.6 Å². The van der Waals surface area contributed by atoms with Gasteiger partial charge in [-0.1, -0.05) is 84.9 Å². The molecule has 0 saturated heterocycles. The van der Waals surface area contributed by atoms with Crippen LogP contribution >= 0.6 is 0 Å². The number of phenolic OH excluding ortho intramolecular Hbond substituents is 2. The van der Waals surface area contributed by atoms with Gasteiger partial charge in [-0.25, -0.2) is 0 Å². The monoisotopic (exact) mass is 946 g/mol. The van der Waals surface area contributed by atoms with Crippen molar-refractivity contribution < 1.29 is 29.3 Å². The molecule has 0 saturated carbocycles. The average Bonchev–Trinajstić information content (AvgIpc) is 3.29. The van der Waals surface area contributed by atoms with Crippen LogP contribution in [-0.2, 0) is 70.4 Å². The van der Waals surface area contributed by atoms with Gasteiger partial charge in [0.2, 0.25) is 0 Å². The number of carbonyl (C=O) groups excluding carboxylic acids is 2. The fourth-order valence-electron chi connectivity index (χ4n) is 6.11. The van der Waals surface area contributed by atoms with Crippen molar-refractivity contribution >= 4 is 55.5 Å². The third kappa shape index (κ3) is 19.6. The van der Waals surface area contributed by atoms with Crippen LogP contribution in [0.1, 0.15) is 36.1 Å². The predicted molar refractivity (Wildman–Crippen MR) is 279 cm³/mol. The average molecular weight is 947 g/mol. The molecule has 2 N–H and O–H groups in total. The molecule has 0 aliphatic rings. The minimum absolute atomic E-state index is 0.144. The zero-order valence-corrected chi connectivity index (χ0v) is 41.9. The van der Waals surface area contributed by atoms with Crippen molar-refractivity contribution in [1.82, 2.24) is 0 Å². The lowest BCUT2D eigenvalue weighted by molar-refractivity contribution is -0.132. The van der Waals surface area contributed by atoms with Crippen LogP contribution in [0.25, 0.3) is 0 Å². The van der Waals surface area contributed by atoms with Gasteiger partial charge in [0.1, 0.15) is 71.5 Å². The van der Waals surface area contributed by atoms with Gasteiger partial charge in [0, 0.05) is 74.1 Å². The Morgan fingerprint density at radius 2 is 0.738 bits per heavy atom. The van der Waals surface area contributed by atoms with Gasteiger partial charge in [-0.3, -0.25) is 9.59 Å². The number of carbonyl (C=O) groups is 2. The number of aromatic hydroxyl groups is 2. The minimum atomic E-state index is -0.285. The number of benzene rings is 7. The SMILES string of the molecule is CC(=O)Oc1ccc([S+](C)Cc2ccccc2)cc1.CC(=O)Oc1ccc([S+](C)Cc2ccccc2C)cc1.C[S+](C)c1ccc(O)cc1.C[S+](Cc1ccccc1)c1ccc(O)cc1. The predicted octanol–water partition coefficient (Wildman–Crippen LogP) is 12.0. The molecular formula is C55H62O6S4+4. The fourth-order valence-corrected chi connectivity index (χ4v) is 11.3. The minimum Gasteiger partial charge on any atom is -0.508 e. The molecular weight excluding hydrogens is 885 g/mol. The van der Waals surface area contributed by atoms with Crippen molar-refractivity contribution in [1.29, 1.82) is 0 Å². The quantitative estimate of drug-likeness (QED) is 0.0720. The van der Waals surface area contributed by atoms with Crippen molar-refractivity contribution in [2.75, 3.05) is 31.3 Å². The summed E-state index contributed by atoms with van der Waals surface area (Å²) in [5.74, 6) is 4.45. The van der Waals surface area contributed by atoms with Gasteiger partial charge in [-0.05, 0) is 110 Å². The van der Waals surface area contributed by atoms with Crippen LogP contribution in [0.3, 0.4) is 0 Å². The van der Waals surface area contributed by atoms with Crippen LogP contribution in [0.2, 0.25) is 0 Å². The maximum Gasteiger partial charge on any atom is 0.308 e. The summed E-state index contributed by atoms with van der Waals surface area (Å²) >= 11 is 0. The third-order valence-electron chi connectivity index (χ3n) is 9.61. The van der Waals surface area contributed by atoms with Crippen molar-refractivity contribution in [3.63, 3.8) is 0 Å². The number of hydrogen-bond acceptors (Lipinski definition) is 6. The van der Waals surface area contributed by atoms with E-state index >= 15 is 0 Å². The number of rotatable bonds is 12. The summed E-state index contributed by atoms with van der Waals surface area (Å²) in [4.78, 5) is 26.9. The van der Waals surface area contributed by atoms with E-state index in [0.29, 0.717) is 33.9 Å². The molecule has 3 atom stereocenters. The standard InChI is InChI=1S/C17H19O2S.C16H17O2S.C14H14OS.C8H10OS/c1-13-6-4-5-7-15(13)12-20(3)17-10-8-16(9-11-17)19-14(2)18;1-13(17)18-15-8-10-16(11-9-15)19(2)12-14-6-4-3-5-7-14;1-16(11-12-5-3-2-4-6-12)14-9-7-13(15)8-10-14;1-10(2)8-5-3-7(9)4-6-8/h4-11H,12H2,1-3H3;3-11H,12H2,1-2H3;2-10H,11H2,1H3;3-6H,1-2H3/q2*+1;;/p+2. The Balaban J connectivity index is 0.000000195. The highest BCUT2D eigenvalue weighted by molar-refractivity contribution is 7.96. The molecule has 6 nitrogen and oxygen atoms in total. The van der Waals surface area contributed by atoms with Crippen LogP contribution < -0.4 is 9.47 Å². The lowest BCUT2D eigenvalue weighted by Crippen LogP contribution is -2.06. The van der Waals surface area contributed by atoms with E-state index in [1.54, 1.807) is 24.3 Å². The van der Waals surface area contributed by atoms with Gasteiger partial charge in [-0.2, -0.15) is 0 Å². The van der Waals surface area contributed by atoms with E-state index in [0.717, 1.165) is 17.3 Å². The highest BCUT2D eigenvalue weighted by atomic mass is 32.2. The van der Waals surface area contributed by atoms with Crippen molar-refractivity contribution in [2.45, 2.75) is 57.6 Å². The first-order valence-corrected chi connectivity index (χ1v) is 28.3. The van der Waals surface area contributed by atoms with Crippen LogP contribution in [-0.4, -0.2) is 53.4 Å². The molecule has 10 heteroatoms. The number of ether oxygens (including phenoxy) is 2. The van der Waals surface area contributed by atoms with Crippen LogP contribution in [0, 0.1) is 6.92 Å². The number of esters is 2. The Kier molecular flexibility index (Phi) is 22.2. The molecule has 0 aromatic heterocycles. The summed E-state index contributed by atoms with van der Waals surface area (Å²) in [6.45, 7) is 4.97. The summed E-state index contributed by atoms with van der Waals surface area (Å²) in [5.41, 5.74) is 5.43. The van der Waals surface area contributed by atoms with Gasteiger partial charge in [0.05, 0.1) is 0 Å². The molecule has 7 aromatic rings. The number of aryl methyl sites for hydroxylation is 1. The molecule has 0 aliphatic carbocycles. The van der Waals surface area contributed by atoms with E-state index in [2.05, 4.69) is 111 Å². The zero-order chi connectivity index (χ0) is 47.1. The number of hydrogen-bond donors (Lipinski definition) is 2. The highest BCUT2D eigenvalue weighted by Gasteiger charge is 2.19. The second-order valence-electron chi connectivity index (χ2n) is 15.2. The summed E-state index contributed by atoms with van der Waals surface area (Å²) in [5, 5.41) is 18.2. The highest BCUT2D eigenvalue weighted by Crippen LogP contribution is 2.23. The molecule has 0 fully saturated rings. The Morgan fingerprint density at radius 3 is 1.09 bits per heavy atom. The van der Waals surface area contributed by atoms with Gasteiger partial charge in [0.25, 0.3) is 0 Å². The Morgan fingerprint density at radius 1 is 0.415 bits per heavy atom. The fraction of sp³-hybridized carbons (Fsp3) is 0.200. The smallest absolute Gasteiger partial charge is 0.308 e. The number of phenols is 2. The van der Waals surface area contributed by atoms with Crippen LogP contribution in [0.5, 0.6) is 23.0 Å². The molecule has 0 heterocycles. The molecule has 0 spiro atoms. The molecule has 338 valence electrons. The molecule has 7 aromatic carbocycles. The van der Waals surface area contributed by atoms with E-state index in [1.807, 2.05) is 84.9 Å². The molecule has 0 amide bonds. The molecule has 0 radical (unpaired) electrons. The first-order chi connectivity index (χ1) is 31.2. The van der Waals surface area contributed by atoms with Crippen molar-refractivity contribution in [3.05, 3.63) is 204 Å². The molecule has 7 rings (SSSR count).